The second-order valence-corrected chi connectivity index (χ2v) is 7.03. The Balaban J connectivity index is 1.98. The molecule has 0 radical (unpaired) electrons. The number of nitrogens with one attached hydrogen (secondary N) is 1. The summed E-state index contributed by atoms with van der Waals surface area (Å²) in [6.07, 6.45) is 0.668. The third kappa shape index (κ3) is 3.62. The van der Waals surface area contributed by atoms with Crippen LogP contribution >= 0.6 is 11.3 Å². The van der Waals surface area contributed by atoms with E-state index in [-0.39, 0.29) is 0 Å². The van der Waals surface area contributed by atoms with Crippen molar-refractivity contribution in [3.8, 4) is 0 Å². The standard InChI is InChI=1S/C13H16N2O2S2/c1-10-3-5-12(6-4-10)19(16,17)15-8-7-13-11(2)14-9-18-13/h3-6,9,15H,7-8H2,1-2H3. The van der Waals surface area contributed by atoms with E-state index in [9.17, 15) is 8.42 Å². The van der Waals surface area contributed by atoms with Crippen LogP contribution in [0.25, 0.3) is 0 Å². The van der Waals surface area contributed by atoms with Gasteiger partial charge in [0.15, 0.2) is 0 Å². The maximum absolute atomic E-state index is 12.0. The van der Waals surface area contributed by atoms with Crippen molar-refractivity contribution in [2.75, 3.05) is 6.54 Å². The van der Waals surface area contributed by atoms with Crippen molar-refractivity contribution in [2.24, 2.45) is 0 Å². The second kappa shape index (κ2) is 5.81. The van der Waals surface area contributed by atoms with Gasteiger partial charge in [0.05, 0.1) is 16.1 Å². The molecule has 6 heteroatoms. The highest BCUT2D eigenvalue weighted by Crippen LogP contribution is 2.13. The molecule has 1 aromatic heterocycles. The van der Waals surface area contributed by atoms with Crippen molar-refractivity contribution in [3.63, 3.8) is 0 Å². The first-order valence-corrected chi connectivity index (χ1v) is 8.30. The van der Waals surface area contributed by atoms with Crippen molar-refractivity contribution in [1.29, 1.82) is 0 Å². The molecule has 0 aliphatic carbocycles. The lowest BCUT2D eigenvalue weighted by Gasteiger charge is -2.06. The zero-order chi connectivity index (χ0) is 13.9. The van der Waals surface area contributed by atoms with Gasteiger partial charge in [-0.15, -0.1) is 11.3 Å². The lowest BCUT2D eigenvalue weighted by atomic mass is 10.2. The first kappa shape index (κ1) is 14.2. The number of aryl methyl sites for hydroxylation is 2. The minimum Gasteiger partial charge on any atom is -0.250 e. The molecule has 2 aromatic rings. The molecule has 0 bridgehead atoms. The van der Waals surface area contributed by atoms with Gasteiger partial charge in [-0.05, 0) is 32.4 Å². The average Bonchev–Trinajstić information content (AvgIpc) is 2.75. The molecule has 102 valence electrons. The van der Waals surface area contributed by atoms with Crippen LogP contribution in [0.15, 0.2) is 34.7 Å². The summed E-state index contributed by atoms with van der Waals surface area (Å²) in [6.45, 7) is 4.25. The third-order valence-electron chi connectivity index (χ3n) is 2.82. The summed E-state index contributed by atoms with van der Waals surface area (Å²) in [5.41, 5.74) is 3.79. The van der Waals surface area contributed by atoms with Crippen LogP contribution < -0.4 is 4.72 Å². The topological polar surface area (TPSA) is 59.1 Å². The van der Waals surface area contributed by atoms with E-state index >= 15 is 0 Å². The summed E-state index contributed by atoms with van der Waals surface area (Å²) in [7, 11) is -3.41. The lowest BCUT2D eigenvalue weighted by molar-refractivity contribution is 0.581. The molecule has 0 spiro atoms. The number of sulfonamides is 1. The van der Waals surface area contributed by atoms with Gasteiger partial charge >= 0.3 is 0 Å². The Bertz CT molecular complexity index is 646. The van der Waals surface area contributed by atoms with Gasteiger partial charge < -0.3 is 0 Å². The molecule has 0 amide bonds. The highest BCUT2D eigenvalue weighted by Gasteiger charge is 2.13. The second-order valence-electron chi connectivity index (χ2n) is 4.32. The Labute approximate surface area is 117 Å². The fourth-order valence-corrected chi connectivity index (χ4v) is 3.48. The van der Waals surface area contributed by atoms with Crippen molar-refractivity contribution in [2.45, 2.75) is 25.2 Å². The number of benzene rings is 1. The molecule has 19 heavy (non-hydrogen) atoms. The lowest BCUT2D eigenvalue weighted by Crippen LogP contribution is -2.25. The largest absolute Gasteiger partial charge is 0.250 e. The Morgan fingerprint density at radius 3 is 2.47 bits per heavy atom. The molecule has 0 saturated carbocycles. The Hall–Kier alpha value is -1.24. The van der Waals surface area contributed by atoms with E-state index < -0.39 is 10.0 Å². The van der Waals surface area contributed by atoms with Gasteiger partial charge in [-0.3, -0.25) is 0 Å². The average molecular weight is 296 g/mol. The smallest absolute Gasteiger partial charge is 0.240 e. The molecule has 0 saturated heterocycles. The van der Waals surface area contributed by atoms with Gasteiger partial charge in [0.25, 0.3) is 0 Å². The summed E-state index contributed by atoms with van der Waals surface area (Å²) >= 11 is 1.55. The summed E-state index contributed by atoms with van der Waals surface area (Å²) < 4.78 is 26.7. The number of hydrogen-bond acceptors (Lipinski definition) is 4. The molecule has 0 aliphatic heterocycles. The maximum atomic E-state index is 12.0. The maximum Gasteiger partial charge on any atom is 0.240 e. The van der Waals surface area contributed by atoms with Crippen molar-refractivity contribution >= 4 is 21.4 Å². The Morgan fingerprint density at radius 1 is 1.21 bits per heavy atom. The quantitative estimate of drug-likeness (QED) is 0.921. The molecule has 0 aliphatic rings. The molecular weight excluding hydrogens is 280 g/mol. The van der Waals surface area contributed by atoms with Gasteiger partial charge in [0, 0.05) is 11.4 Å². The van der Waals surface area contributed by atoms with E-state index in [1.165, 1.54) is 0 Å². The van der Waals surface area contributed by atoms with Gasteiger partial charge in [-0.1, -0.05) is 17.7 Å². The first-order valence-electron chi connectivity index (χ1n) is 5.94. The van der Waals surface area contributed by atoms with Gasteiger partial charge in [0.1, 0.15) is 0 Å². The zero-order valence-electron chi connectivity index (χ0n) is 10.9. The molecule has 0 atom stereocenters. The number of aromatic nitrogens is 1. The van der Waals surface area contributed by atoms with E-state index in [1.807, 2.05) is 13.8 Å². The van der Waals surface area contributed by atoms with Gasteiger partial charge in [-0.2, -0.15) is 0 Å². The number of nitrogens with zero attached hydrogens (tertiary/aromatic N) is 1. The zero-order valence-corrected chi connectivity index (χ0v) is 12.5. The summed E-state index contributed by atoms with van der Waals surface area (Å²) in [5.74, 6) is 0. The van der Waals surface area contributed by atoms with Crippen molar-refractivity contribution in [3.05, 3.63) is 45.9 Å². The molecule has 1 aromatic carbocycles. The summed E-state index contributed by atoms with van der Waals surface area (Å²) in [6, 6.07) is 6.83. The number of rotatable bonds is 5. The molecule has 1 heterocycles. The molecule has 2 rings (SSSR count). The van der Waals surface area contributed by atoms with Crippen LogP contribution in [0.4, 0.5) is 0 Å². The van der Waals surface area contributed by atoms with Crippen molar-refractivity contribution in [1.82, 2.24) is 9.71 Å². The van der Waals surface area contributed by atoms with Crippen LogP contribution in [0, 0.1) is 13.8 Å². The predicted molar refractivity (Wildman–Crippen MR) is 76.9 cm³/mol. The first-order chi connectivity index (χ1) is 8.99. The Kier molecular flexibility index (Phi) is 4.34. The van der Waals surface area contributed by atoms with Crippen LogP contribution in [0.3, 0.4) is 0 Å². The van der Waals surface area contributed by atoms with E-state index in [0.29, 0.717) is 17.9 Å². The minimum absolute atomic E-state index is 0.305. The normalized spacial score (nSPS) is 11.7. The predicted octanol–water partition coefficient (Wildman–Crippen LogP) is 2.28. The highest BCUT2D eigenvalue weighted by atomic mass is 32.2. The molecule has 0 fully saturated rings. The van der Waals surface area contributed by atoms with Gasteiger partial charge in [0.2, 0.25) is 10.0 Å². The molecule has 4 nitrogen and oxygen atoms in total. The number of thiazole rings is 1. The van der Waals surface area contributed by atoms with Crippen LogP contribution in [-0.4, -0.2) is 19.9 Å². The summed E-state index contributed by atoms with van der Waals surface area (Å²) in [4.78, 5) is 5.56. The molecular formula is C13H16N2O2S2. The number of hydrogen-bond donors (Lipinski definition) is 1. The van der Waals surface area contributed by atoms with Crippen LogP contribution in [0.1, 0.15) is 16.1 Å². The summed E-state index contributed by atoms with van der Waals surface area (Å²) in [5, 5.41) is 0. The van der Waals surface area contributed by atoms with Crippen molar-refractivity contribution < 1.29 is 8.42 Å². The van der Waals surface area contributed by atoms with E-state index in [4.69, 9.17) is 0 Å². The monoisotopic (exact) mass is 296 g/mol. The van der Waals surface area contributed by atoms with Crippen LogP contribution in [0.5, 0.6) is 0 Å². The van der Waals surface area contributed by atoms with E-state index in [2.05, 4.69) is 9.71 Å². The van der Waals surface area contributed by atoms with Crippen LogP contribution in [-0.2, 0) is 16.4 Å². The fourth-order valence-electron chi connectivity index (χ4n) is 1.67. The van der Waals surface area contributed by atoms with Gasteiger partial charge in [-0.25, -0.2) is 18.1 Å². The minimum atomic E-state index is -3.41. The molecule has 0 unspecified atom stereocenters. The fraction of sp³-hybridized carbons (Fsp3) is 0.308. The Morgan fingerprint density at radius 2 is 1.89 bits per heavy atom. The SMILES string of the molecule is Cc1ccc(S(=O)(=O)NCCc2scnc2C)cc1. The van der Waals surface area contributed by atoms with E-state index in [1.54, 1.807) is 41.1 Å². The third-order valence-corrected chi connectivity index (χ3v) is 5.29. The van der Waals surface area contributed by atoms with Crippen LogP contribution in [0.2, 0.25) is 0 Å². The van der Waals surface area contributed by atoms with E-state index in [0.717, 1.165) is 16.1 Å². The molecule has 1 N–H and O–H groups in total. The highest BCUT2D eigenvalue weighted by molar-refractivity contribution is 7.89.